The van der Waals surface area contributed by atoms with Crippen LogP contribution in [-0.2, 0) is 4.74 Å². The van der Waals surface area contributed by atoms with Gasteiger partial charge in [0.15, 0.2) is 0 Å². The Bertz CT molecular complexity index is 208. The Morgan fingerprint density at radius 1 is 1.70 bits per heavy atom. The quantitative estimate of drug-likeness (QED) is 0.337. The topological polar surface area (TPSA) is 33.0 Å². The van der Waals surface area contributed by atoms with E-state index in [-0.39, 0.29) is 0 Å². The first-order chi connectivity index (χ1) is 4.70. The van der Waals surface area contributed by atoms with E-state index in [1.54, 1.807) is 13.0 Å². The van der Waals surface area contributed by atoms with Crippen LogP contribution in [0.2, 0.25) is 0 Å². The molecule has 0 aliphatic rings. The smallest absolute Gasteiger partial charge is 0.120 e. The molecule has 0 aliphatic carbocycles. The lowest BCUT2D eigenvalue weighted by molar-refractivity contribution is 0.372. The van der Waals surface area contributed by atoms with Crippen LogP contribution in [0.15, 0.2) is 36.8 Å². The molecule has 0 radical (unpaired) electrons. The van der Waals surface area contributed by atoms with Gasteiger partial charge < -0.3 is 4.74 Å². The maximum Gasteiger partial charge on any atom is 0.120 e. The van der Waals surface area contributed by atoms with E-state index in [0.717, 1.165) is 0 Å². The van der Waals surface area contributed by atoms with E-state index in [9.17, 15) is 0 Å². The van der Waals surface area contributed by atoms with Gasteiger partial charge in [0, 0.05) is 5.57 Å². The molecule has 0 spiro atoms. The first-order valence-electron chi connectivity index (χ1n) is 2.75. The Kier molecular flexibility index (Phi) is 3.74. The predicted octanol–water partition coefficient (Wildman–Crippen LogP) is 2.13. The Labute approximate surface area is 60.7 Å². The van der Waals surface area contributed by atoms with Crippen molar-refractivity contribution in [2.24, 2.45) is 0 Å². The van der Waals surface area contributed by atoms with Crippen molar-refractivity contribution in [3.05, 3.63) is 36.8 Å². The summed E-state index contributed by atoms with van der Waals surface area (Å²) in [5, 5.41) is 8.31. The minimum Gasteiger partial charge on any atom is -0.466 e. The van der Waals surface area contributed by atoms with Crippen LogP contribution >= 0.6 is 0 Å². The third-order valence-electron chi connectivity index (χ3n) is 0.789. The predicted molar refractivity (Wildman–Crippen MR) is 39.8 cm³/mol. The molecule has 0 aromatic heterocycles. The average Bonchev–Trinajstić information content (AvgIpc) is 1.88. The lowest BCUT2D eigenvalue weighted by Crippen LogP contribution is -1.78. The van der Waals surface area contributed by atoms with Crippen molar-refractivity contribution < 1.29 is 4.74 Å². The van der Waals surface area contributed by atoms with Gasteiger partial charge in [0.1, 0.15) is 5.76 Å². The van der Waals surface area contributed by atoms with Crippen LogP contribution in [0.25, 0.3) is 0 Å². The number of allylic oxidation sites excluding steroid dienone is 2. The zero-order chi connectivity index (χ0) is 7.98. The van der Waals surface area contributed by atoms with Crippen LogP contribution in [0.1, 0.15) is 6.92 Å². The monoisotopic (exact) mass is 135 g/mol. The molecular formula is C8H9NO. The van der Waals surface area contributed by atoms with Crippen LogP contribution in [0.5, 0.6) is 0 Å². The Morgan fingerprint density at radius 3 is 2.70 bits per heavy atom. The van der Waals surface area contributed by atoms with Crippen LogP contribution in [0, 0.1) is 11.3 Å². The van der Waals surface area contributed by atoms with Crippen molar-refractivity contribution in [1.82, 2.24) is 0 Å². The molecule has 0 aromatic carbocycles. The number of hydrogen-bond donors (Lipinski definition) is 0. The molecule has 0 heterocycles. The molecule has 0 bridgehead atoms. The molecule has 2 nitrogen and oxygen atoms in total. The molecule has 2 heteroatoms. The molecule has 0 fully saturated rings. The van der Waals surface area contributed by atoms with Gasteiger partial charge in [-0.05, 0) is 13.0 Å². The van der Waals surface area contributed by atoms with Gasteiger partial charge >= 0.3 is 0 Å². The Morgan fingerprint density at radius 2 is 2.30 bits per heavy atom. The highest BCUT2D eigenvalue weighted by molar-refractivity contribution is 5.25. The normalized spacial score (nSPS) is 9.80. The molecule has 0 N–H and O–H groups in total. The number of hydrogen-bond acceptors (Lipinski definition) is 2. The zero-order valence-corrected chi connectivity index (χ0v) is 5.92. The van der Waals surface area contributed by atoms with Crippen molar-refractivity contribution in [3.8, 4) is 6.07 Å². The van der Waals surface area contributed by atoms with E-state index in [4.69, 9.17) is 10.00 Å². The summed E-state index contributed by atoms with van der Waals surface area (Å²) in [6, 6.07) is 1.94. The minimum absolute atomic E-state index is 0.425. The molecule has 0 aromatic rings. The first-order valence-corrected chi connectivity index (χ1v) is 2.75. The summed E-state index contributed by atoms with van der Waals surface area (Å²) >= 11 is 0. The zero-order valence-electron chi connectivity index (χ0n) is 5.92. The Hall–Kier alpha value is -1.49. The number of nitriles is 1. The molecular weight excluding hydrogens is 126 g/mol. The van der Waals surface area contributed by atoms with Gasteiger partial charge in [0.05, 0.1) is 12.3 Å². The SMILES string of the molecule is C=COC(=C)/C=C(\C)C#N. The fourth-order valence-electron chi connectivity index (χ4n) is 0.415. The van der Waals surface area contributed by atoms with Gasteiger partial charge in [-0.2, -0.15) is 5.26 Å². The number of nitrogens with zero attached hydrogens (tertiary/aromatic N) is 1. The van der Waals surface area contributed by atoms with Crippen molar-refractivity contribution in [2.75, 3.05) is 0 Å². The van der Waals surface area contributed by atoms with Crippen molar-refractivity contribution in [3.63, 3.8) is 0 Å². The fraction of sp³-hybridized carbons (Fsp3) is 0.125. The van der Waals surface area contributed by atoms with Gasteiger partial charge in [-0.15, -0.1) is 0 Å². The standard InChI is InChI=1S/C8H9NO/c1-4-10-8(3)5-7(2)6-9/h4-5H,1,3H2,2H3/b7-5+. The summed E-state index contributed by atoms with van der Waals surface area (Å²) in [5.41, 5.74) is 0.562. The van der Waals surface area contributed by atoms with E-state index < -0.39 is 0 Å². The van der Waals surface area contributed by atoms with Crippen LogP contribution in [-0.4, -0.2) is 0 Å². The number of rotatable bonds is 3. The fourth-order valence-corrected chi connectivity index (χ4v) is 0.415. The van der Waals surface area contributed by atoms with Crippen molar-refractivity contribution >= 4 is 0 Å². The maximum absolute atomic E-state index is 8.31. The molecule has 0 saturated carbocycles. The summed E-state index contributed by atoms with van der Waals surface area (Å²) in [6.45, 7) is 8.53. The molecule has 0 atom stereocenters. The molecule has 0 aliphatic heterocycles. The summed E-state index contributed by atoms with van der Waals surface area (Å²) in [6.07, 6.45) is 2.81. The van der Waals surface area contributed by atoms with Crippen molar-refractivity contribution in [1.29, 1.82) is 5.26 Å². The van der Waals surface area contributed by atoms with E-state index >= 15 is 0 Å². The maximum atomic E-state index is 8.31. The highest BCUT2D eigenvalue weighted by Gasteiger charge is 1.87. The molecule has 10 heavy (non-hydrogen) atoms. The molecule has 0 saturated heterocycles. The third kappa shape index (κ3) is 3.50. The van der Waals surface area contributed by atoms with Crippen LogP contribution in [0.3, 0.4) is 0 Å². The second-order valence-corrected chi connectivity index (χ2v) is 1.69. The minimum atomic E-state index is 0.425. The second kappa shape index (κ2) is 4.39. The van der Waals surface area contributed by atoms with Gasteiger partial charge in [0.25, 0.3) is 0 Å². The van der Waals surface area contributed by atoms with E-state index in [1.165, 1.54) is 6.26 Å². The highest BCUT2D eigenvalue weighted by atomic mass is 16.5. The lowest BCUT2D eigenvalue weighted by atomic mass is 10.3. The lowest BCUT2D eigenvalue weighted by Gasteiger charge is -1.95. The van der Waals surface area contributed by atoms with Gasteiger partial charge in [-0.25, -0.2) is 0 Å². The van der Waals surface area contributed by atoms with E-state index in [2.05, 4.69) is 13.2 Å². The van der Waals surface area contributed by atoms with Gasteiger partial charge in [-0.1, -0.05) is 13.2 Å². The average molecular weight is 135 g/mol. The molecule has 52 valence electrons. The summed E-state index contributed by atoms with van der Waals surface area (Å²) in [4.78, 5) is 0. The first kappa shape index (κ1) is 8.51. The van der Waals surface area contributed by atoms with Gasteiger partial charge in [0.2, 0.25) is 0 Å². The van der Waals surface area contributed by atoms with Crippen LogP contribution in [0.4, 0.5) is 0 Å². The molecule has 0 amide bonds. The summed E-state index contributed by atoms with van der Waals surface area (Å²) in [7, 11) is 0. The van der Waals surface area contributed by atoms with Crippen molar-refractivity contribution in [2.45, 2.75) is 6.92 Å². The second-order valence-electron chi connectivity index (χ2n) is 1.69. The number of ether oxygens (including phenoxy) is 1. The third-order valence-corrected chi connectivity index (χ3v) is 0.789. The molecule has 0 unspecified atom stereocenters. The summed E-state index contributed by atoms with van der Waals surface area (Å²) in [5.74, 6) is 0.425. The summed E-state index contributed by atoms with van der Waals surface area (Å²) < 4.78 is 4.76. The molecule has 0 rings (SSSR count). The largest absolute Gasteiger partial charge is 0.466 e. The van der Waals surface area contributed by atoms with Gasteiger partial charge in [-0.3, -0.25) is 0 Å². The van der Waals surface area contributed by atoms with E-state index in [0.29, 0.717) is 11.3 Å². The Balaban J connectivity index is 4.02. The van der Waals surface area contributed by atoms with Crippen LogP contribution < -0.4 is 0 Å². The highest BCUT2D eigenvalue weighted by Crippen LogP contribution is 2.00. The van der Waals surface area contributed by atoms with E-state index in [1.807, 2.05) is 6.07 Å².